The topological polar surface area (TPSA) is 67.2 Å². The SMILES string of the molecule is Cc1ccn(CCCCN2CCN(c3cc(C(C)C)nc(C(C)(C)C)n3)CC2)c(=O)n1.Cl. The van der Waals surface area contributed by atoms with Crippen molar-refractivity contribution in [2.24, 2.45) is 0 Å². The summed E-state index contributed by atoms with van der Waals surface area (Å²) < 4.78 is 1.71. The van der Waals surface area contributed by atoms with Gasteiger partial charge in [0.05, 0.1) is 0 Å². The second kappa shape index (κ2) is 11.2. The van der Waals surface area contributed by atoms with Crippen LogP contribution in [0.15, 0.2) is 23.1 Å². The Morgan fingerprint density at radius 3 is 2.25 bits per heavy atom. The molecule has 3 heterocycles. The number of nitrogens with zero attached hydrogens (tertiary/aromatic N) is 6. The highest BCUT2D eigenvalue weighted by Crippen LogP contribution is 2.25. The minimum Gasteiger partial charge on any atom is -0.354 e. The molecule has 1 fully saturated rings. The van der Waals surface area contributed by atoms with E-state index >= 15 is 0 Å². The molecule has 0 aliphatic carbocycles. The molecule has 1 aliphatic heterocycles. The Kier molecular flexibility index (Phi) is 9.22. The highest BCUT2D eigenvalue weighted by Gasteiger charge is 2.23. The van der Waals surface area contributed by atoms with Crippen LogP contribution < -0.4 is 10.6 Å². The lowest BCUT2D eigenvalue weighted by Gasteiger charge is -2.36. The zero-order chi connectivity index (χ0) is 22.6. The van der Waals surface area contributed by atoms with Crippen molar-refractivity contribution in [2.45, 2.75) is 72.3 Å². The molecule has 0 atom stereocenters. The molecule has 2 aromatic rings. The van der Waals surface area contributed by atoms with E-state index in [0.29, 0.717) is 5.92 Å². The van der Waals surface area contributed by atoms with Crippen molar-refractivity contribution in [3.05, 3.63) is 46.0 Å². The van der Waals surface area contributed by atoms with Crippen molar-refractivity contribution < 1.29 is 0 Å². The molecule has 7 nitrogen and oxygen atoms in total. The van der Waals surface area contributed by atoms with E-state index in [4.69, 9.17) is 9.97 Å². The summed E-state index contributed by atoms with van der Waals surface area (Å²) >= 11 is 0. The molecule has 8 heteroatoms. The second-order valence-electron chi connectivity index (χ2n) is 9.96. The first kappa shape index (κ1) is 26.3. The summed E-state index contributed by atoms with van der Waals surface area (Å²) in [5.74, 6) is 2.38. The molecule has 0 saturated carbocycles. The molecule has 178 valence electrons. The largest absolute Gasteiger partial charge is 0.354 e. The third-order valence-corrected chi connectivity index (χ3v) is 5.83. The number of aryl methyl sites for hydroxylation is 2. The highest BCUT2D eigenvalue weighted by atomic mass is 35.5. The molecule has 0 bridgehead atoms. The molecule has 0 N–H and O–H groups in total. The van der Waals surface area contributed by atoms with Gasteiger partial charge in [-0.1, -0.05) is 34.6 Å². The summed E-state index contributed by atoms with van der Waals surface area (Å²) in [5.41, 5.74) is 1.70. The number of aromatic nitrogens is 4. The van der Waals surface area contributed by atoms with E-state index in [-0.39, 0.29) is 23.5 Å². The lowest BCUT2D eigenvalue weighted by atomic mass is 9.95. The van der Waals surface area contributed by atoms with E-state index < -0.39 is 0 Å². The molecule has 0 amide bonds. The molecular weight excluding hydrogens is 424 g/mol. The molecule has 32 heavy (non-hydrogen) atoms. The van der Waals surface area contributed by atoms with Crippen LogP contribution in [0.5, 0.6) is 0 Å². The summed E-state index contributed by atoms with van der Waals surface area (Å²) in [6, 6.07) is 4.06. The molecule has 0 aromatic carbocycles. The summed E-state index contributed by atoms with van der Waals surface area (Å²) in [4.78, 5) is 30.5. The van der Waals surface area contributed by atoms with Crippen LogP contribution in [0.1, 0.15) is 70.6 Å². The van der Waals surface area contributed by atoms with Crippen LogP contribution in [0.2, 0.25) is 0 Å². The van der Waals surface area contributed by atoms with E-state index in [2.05, 4.69) is 55.5 Å². The van der Waals surface area contributed by atoms with Crippen LogP contribution in [-0.2, 0) is 12.0 Å². The van der Waals surface area contributed by atoms with Gasteiger partial charge in [0.15, 0.2) is 0 Å². The predicted octanol–water partition coefficient (Wildman–Crippen LogP) is 3.79. The molecule has 1 aliphatic rings. The van der Waals surface area contributed by atoms with Gasteiger partial charge in [0.1, 0.15) is 11.6 Å². The number of halogens is 1. The fraction of sp³-hybridized carbons (Fsp3) is 0.667. The molecule has 3 rings (SSSR count). The number of piperazine rings is 1. The monoisotopic (exact) mass is 462 g/mol. The molecule has 1 saturated heterocycles. The standard InChI is InChI=1S/C24H38N6O.ClH/c1-18(2)20-17-21(27-22(26-20)24(4,5)6)29-15-13-28(14-16-29)10-7-8-11-30-12-9-19(3)25-23(30)31;/h9,12,17-18H,7-8,10-11,13-16H2,1-6H3;1H. The van der Waals surface area contributed by atoms with Gasteiger partial charge in [-0.3, -0.25) is 9.47 Å². The van der Waals surface area contributed by atoms with Gasteiger partial charge in [0, 0.05) is 61.8 Å². The maximum atomic E-state index is 11.9. The lowest BCUT2D eigenvalue weighted by molar-refractivity contribution is 0.250. The minimum absolute atomic E-state index is 0. The summed E-state index contributed by atoms with van der Waals surface area (Å²) in [6.07, 6.45) is 3.92. The van der Waals surface area contributed by atoms with E-state index in [1.165, 1.54) is 0 Å². The van der Waals surface area contributed by atoms with Gasteiger partial charge in [-0.05, 0) is 38.3 Å². The molecule has 0 radical (unpaired) electrons. The lowest BCUT2D eigenvalue weighted by Crippen LogP contribution is -2.47. The molecular formula is C24H39ClN6O. The summed E-state index contributed by atoms with van der Waals surface area (Å²) in [5, 5.41) is 0. The Balaban J connectivity index is 0.00000363. The predicted molar refractivity (Wildman–Crippen MR) is 133 cm³/mol. The van der Waals surface area contributed by atoms with Crippen LogP contribution in [-0.4, -0.2) is 57.1 Å². The average molecular weight is 463 g/mol. The quantitative estimate of drug-likeness (QED) is 0.583. The summed E-state index contributed by atoms with van der Waals surface area (Å²) in [7, 11) is 0. The van der Waals surface area contributed by atoms with Crippen molar-refractivity contribution in [3.63, 3.8) is 0 Å². The summed E-state index contributed by atoms with van der Waals surface area (Å²) in [6.45, 7) is 18.6. The van der Waals surface area contributed by atoms with Gasteiger partial charge in [-0.2, -0.15) is 4.98 Å². The highest BCUT2D eigenvalue weighted by molar-refractivity contribution is 5.85. The fourth-order valence-electron chi connectivity index (χ4n) is 3.75. The van der Waals surface area contributed by atoms with Crippen molar-refractivity contribution in [3.8, 4) is 0 Å². The van der Waals surface area contributed by atoms with Crippen molar-refractivity contribution in [2.75, 3.05) is 37.6 Å². The smallest absolute Gasteiger partial charge is 0.347 e. The van der Waals surface area contributed by atoms with Crippen LogP contribution in [0.4, 0.5) is 5.82 Å². The maximum Gasteiger partial charge on any atom is 0.347 e. The third kappa shape index (κ3) is 7.01. The zero-order valence-electron chi connectivity index (χ0n) is 20.5. The van der Waals surface area contributed by atoms with Gasteiger partial charge in [-0.15, -0.1) is 12.4 Å². The van der Waals surface area contributed by atoms with E-state index in [1.807, 2.05) is 19.2 Å². The van der Waals surface area contributed by atoms with Crippen molar-refractivity contribution >= 4 is 18.2 Å². The van der Waals surface area contributed by atoms with Gasteiger partial charge in [0.2, 0.25) is 0 Å². The molecule has 2 aromatic heterocycles. The first-order valence-electron chi connectivity index (χ1n) is 11.5. The molecule has 0 unspecified atom stereocenters. The second-order valence-corrected chi connectivity index (χ2v) is 9.96. The van der Waals surface area contributed by atoms with E-state index in [1.54, 1.807) is 4.57 Å². The first-order chi connectivity index (χ1) is 14.6. The van der Waals surface area contributed by atoms with Gasteiger partial charge >= 0.3 is 5.69 Å². The Bertz CT molecular complexity index is 929. The number of hydrogen-bond acceptors (Lipinski definition) is 6. The Hall–Kier alpha value is -1.99. The number of hydrogen-bond donors (Lipinski definition) is 0. The Morgan fingerprint density at radius 2 is 1.66 bits per heavy atom. The molecule has 0 spiro atoms. The Morgan fingerprint density at radius 1 is 1.00 bits per heavy atom. The van der Waals surface area contributed by atoms with E-state index in [0.717, 1.165) is 75.1 Å². The average Bonchev–Trinajstić information content (AvgIpc) is 2.72. The van der Waals surface area contributed by atoms with Crippen molar-refractivity contribution in [1.82, 2.24) is 24.4 Å². The number of anilines is 1. The van der Waals surface area contributed by atoms with Gasteiger partial charge in [-0.25, -0.2) is 14.8 Å². The minimum atomic E-state index is -0.145. The first-order valence-corrected chi connectivity index (χ1v) is 11.5. The van der Waals surface area contributed by atoms with Gasteiger partial charge < -0.3 is 4.90 Å². The van der Waals surface area contributed by atoms with Crippen LogP contribution in [0.3, 0.4) is 0 Å². The van der Waals surface area contributed by atoms with Crippen LogP contribution in [0, 0.1) is 6.92 Å². The normalized spacial score (nSPS) is 15.2. The Labute approximate surface area is 198 Å². The van der Waals surface area contributed by atoms with Crippen molar-refractivity contribution in [1.29, 1.82) is 0 Å². The van der Waals surface area contributed by atoms with Crippen LogP contribution in [0.25, 0.3) is 0 Å². The van der Waals surface area contributed by atoms with Crippen LogP contribution >= 0.6 is 12.4 Å². The number of rotatable bonds is 7. The fourth-order valence-corrected chi connectivity index (χ4v) is 3.75. The van der Waals surface area contributed by atoms with E-state index in [9.17, 15) is 4.79 Å². The number of unbranched alkanes of at least 4 members (excludes halogenated alkanes) is 1. The third-order valence-electron chi connectivity index (χ3n) is 5.83. The maximum absolute atomic E-state index is 11.9. The van der Waals surface area contributed by atoms with Gasteiger partial charge in [0.25, 0.3) is 0 Å². The zero-order valence-corrected chi connectivity index (χ0v) is 21.3.